The predicted octanol–water partition coefficient (Wildman–Crippen LogP) is -0.351. The average Bonchev–Trinajstić information content (AvgIpc) is 2.13. The maximum Gasteiger partial charge on any atom is 0.325 e. The summed E-state index contributed by atoms with van der Waals surface area (Å²) in [6.07, 6.45) is 0. The topological polar surface area (TPSA) is 81.4 Å². The van der Waals surface area contributed by atoms with Crippen molar-refractivity contribution in [2.24, 2.45) is 11.7 Å². The molecule has 0 saturated carbocycles. The molecule has 0 aromatic rings. The molecule has 0 aromatic heterocycles. The van der Waals surface area contributed by atoms with Gasteiger partial charge in [0.2, 0.25) is 5.91 Å². The van der Waals surface area contributed by atoms with Crippen molar-refractivity contribution in [3.63, 3.8) is 0 Å². The number of hydrogen-bond donors (Lipinski definition) is 2. The van der Waals surface area contributed by atoms with Crippen LogP contribution in [0.3, 0.4) is 0 Å². The first-order chi connectivity index (χ1) is 6.49. The zero-order valence-electron chi connectivity index (χ0n) is 8.87. The summed E-state index contributed by atoms with van der Waals surface area (Å²) in [7, 11) is 0. The van der Waals surface area contributed by atoms with Gasteiger partial charge < -0.3 is 15.8 Å². The first kappa shape index (κ1) is 12.9. The van der Waals surface area contributed by atoms with Crippen molar-refractivity contribution >= 4 is 11.9 Å². The largest absolute Gasteiger partial charge is 0.465 e. The Morgan fingerprint density at radius 2 is 2.00 bits per heavy atom. The number of hydrogen-bond acceptors (Lipinski definition) is 4. The molecule has 0 aliphatic heterocycles. The highest BCUT2D eigenvalue weighted by Crippen LogP contribution is 1.97. The molecule has 5 nitrogen and oxygen atoms in total. The van der Waals surface area contributed by atoms with E-state index in [0.717, 1.165) is 0 Å². The molecule has 14 heavy (non-hydrogen) atoms. The molecule has 3 N–H and O–H groups in total. The molecule has 82 valence electrons. The molecule has 0 fully saturated rings. The van der Waals surface area contributed by atoms with Crippen LogP contribution in [0.1, 0.15) is 20.8 Å². The first-order valence-electron chi connectivity index (χ1n) is 4.68. The van der Waals surface area contributed by atoms with Crippen molar-refractivity contribution < 1.29 is 14.3 Å². The molecule has 0 spiro atoms. The Balaban J connectivity index is 3.79. The first-order valence-corrected chi connectivity index (χ1v) is 4.68. The van der Waals surface area contributed by atoms with Crippen molar-refractivity contribution in [1.82, 2.24) is 5.32 Å². The highest BCUT2D eigenvalue weighted by atomic mass is 16.5. The van der Waals surface area contributed by atoms with Crippen molar-refractivity contribution in [3.05, 3.63) is 0 Å². The summed E-state index contributed by atoms with van der Waals surface area (Å²) in [6, 6.07) is -0.579. The third-order valence-corrected chi connectivity index (χ3v) is 1.73. The summed E-state index contributed by atoms with van der Waals surface area (Å²) in [5, 5.41) is 2.41. The number of ether oxygens (including phenoxy) is 1. The van der Waals surface area contributed by atoms with E-state index in [2.05, 4.69) is 10.1 Å². The molecule has 5 heteroatoms. The van der Waals surface area contributed by atoms with Gasteiger partial charge in [-0.1, -0.05) is 13.8 Å². The smallest absolute Gasteiger partial charge is 0.325 e. The van der Waals surface area contributed by atoms with Crippen LogP contribution < -0.4 is 11.1 Å². The zero-order valence-corrected chi connectivity index (χ0v) is 8.87. The van der Waals surface area contributed by atoms with E-state index in [1.165, 1.54) is 0 Å². The molecule has 1 amide bonds. The highest BCUT2D eigenvalue weighted by Gasteiger charge is 2.17. The van der Waals surface area contributed by atoms with Crippen LogP contribution in [0.5, 0.6) is 0 Å². The van der Waals surface area contributed by atoms with Gasteiger partial charge in [-0.25, -0.2) is 0 Å². The molecular formula is C9H18N2O3. The van der Waals surface area contributed by atoms with E-state index in [1.807, 2.05) is 13.8 Å². The lowest BCUT2D eigenvalue weighted by atomic mass is 10.1. The van der Waals surface area contributed by atoms with E-state index < -0.39 is 12.0 Å². The number of carbonyl (C=O) groups is 2. The molecule has 0 unspecified atom stereocenters. The van der Waals surface area contributed by atoms with Crippen LogP contribution in [0.25, 0.3) is 0 Å². The lowest BCUT2D eigenvalue weighted by molar-refractivity contribution is -0.143. The molecular weight excluding hydrogens is 184 g/mol. The van der Waals surface area contributed by atoms with Crippen LogP contribution in [0.2, 0.25) is 0 Å². The average molecular weight is 202 g/mol. The fourth-order valence-corrected chi connectivity index (χ4v) is 0.792. The zero-order chi connectivity index (χ0) is 11.1. The quantitative estimate of drug-likeness (QED) is 0.597. The Kier molecular flexibility index (Phi) is 5.87. The molecule has 0 aromatic carbocycles. The van der Waals surface area contributed by atoms with E-state index in [0.29, 0.717) is 6.61 Å². The van der Waals surface area contributed by atoms with Crippen LogP contribution >= 0.6 is 0 Å². The van der Waals surface area contributed by atoms with Gasteiger partial charge >= 0.3 is 5.97 Å². The Hall–Kier alpha value is -1.10. The standard InChI is InChI=1S/C9H18N2O3/c1-4-14-7(12)5-11-9(13)8(10)6(2)3/h6,8H,4-5,10H2,1-3H3,(H,11,13)/t8-/m0/s1. The summed E-state index contributed by atoms with van der Waals surface area (Å²) in [6.45, 7) is 5.58. The molecule has 0 bridgehead atoms. The van der Waals surface area contributed by atoms with Gasteiger partial charge in [-0.05, 0) is 12.8 Å². The molecule has 0 heterocycles. The second-order valence-corrected chi connectivity index (χ2v) is 3.29. The van der Waals surface area contributed by atoms with Crippen LogP contribution in [0, 0.1) is 5.92 Å². The van der Waals surface area contributed by atoms with E-state index in [-0.39, 0.29) is 18.4 Å². The predicted molar refractivity (Wildman–Crippen MR) is 52.5 cm³/mol. The summed E-state index contributed by atoms with van der Waals surface area (Å²) in [4.78, 5) is 22.1. The van der Waals surface area contributed by atoms with Crippen LogP contribution in [-0.2, 0) is 14.3 Å². The highest BCUT2D eigenvalue weighted by molar-refractivity contribution is 5.85. The molecule has 0 saturated heterocycles. The molecule has 0 radical (unpaired) electrons. The normalized spacial score (nSPS) is 12.4. The minimum absolute atomic E-state index is 0.0530. The van der Waals surface area contributed by atoms with E-state index in [1.54, 1.807) is 6.92 Å². The number of amides is 1. The van der Waals surface area contributed by atoms with Crippen LogP contribution in [0.4, 0.5) is 0 Å². The maximum absolute atomic E-state index is 11.2. The van der Waals surface area contributed by atoms with Gasteiger partial charge in [0.25, 0.3) is 0 Å². The number of esters is 1. The fraction of sp³-hybridized carbons (Fsp3) is 0.778. The minimum Gasteiger partial charge on any atom is -0.465 e. The second kappa shape index (κ2) is 6.37. The molecule has 0 rings (SSSR count). The van der Waals surface area contributed by atoms with E-state index >= 15 is 0 Å². The third kappa shape index (κ3) is 4.81. The summed E-state index contributed by atoms with van der Waals surface area (Å²) < 4.78 is 4.64. The maximum atomic E-state index is 11.2. The lowest BCUT2D eigenvalue weighted by Crippen LogP contribution is -2.45. The number of carbonyl (C=O) groups excluding carboxylic acids is 2. The van der Waals surface area contributed by atoms with Gasteiger partial charge in [0.05, 0.1) is 12.6 Å². The van der Waals surface area contributed by atoms with Gasteiger partial charge in [-0.3, -0.25) is 9.59 Å². The Labute approximate surface area is 84.0 Å². The van der Waals surface area contributed by atoms with E-state index in [4.69, 9.17) is 5.73 Å². The van der Waals surface area contributed by atoms with Gasteiger partial charge in [0.15, 0.2) is 0 Å². The van der Waals surface area contributed by atoms with Crippen molar-refractivity contribution in [2.45, 2.75) is 26.8 Å². The molecule has 0 aliphatic rings. The number of nitrogens with two attached hydrogens (primary N) is 1. The van der Waals surface area contributed by atoms with E-state index in [9.17, 15) is 9.59 Å². The van der Waals surface area contributed by atoms with Crippen molar-refractivity contribution in [2.75, 3.05) is 13.2 Å². The SMILES string of the molecule is CCOC(=O)CNC(=O)[C@@H](N)C(C)C. The Morgan fingerprint density at radius 1 is 1.43 bits per heavy atom. The summed E-state index contributed by atoms with van der Waals surface area (Å²) in [5.74, 6) is -0.720. The second-order valence-electron chi connectivity index (χ2n) is 3.29. The molecule has 0 aliphatic carbocycles. The fourth-order valence-electron chi connectivity index (χ4n) is 0.792. The van der Waals surface area contributed by atoms with Gasteiger partial charge in [-0.2, -0.15) is 0 Å². The molecule has 1 atom stereocenters. The number of nitrogens with one attached hydrogen (secondary N) is 1. The van der Waals surface area contributed by atoms with Crippen LogP contribution in [-0.4, -0.2) is 31.1 Å². The van der Waals surface area contributed by atoms with Gasteiger partial charge in [-0.15, -0.1) is 0 Å². The number of rotatable bonds is 5. The third-order valence-electron chi connectivity index (χ3n) is 1.73. The summed E-state index contributed by atoms with van der Waals surface area (Å²) >= 11 is 0. The Bertz CT molecular complexity index is 204. The summed E-state index contributed by atoms with van der Waals surface area (Å²) in [5.41, 5.74) is 5.56. The van der Waals surface area contributed by atoms with Gasteiger partial charge in [0.1, 0.15) is 6.54 Å². The van der Waals surface area contributed by atoms with Crippen LogP contribution in [0.15, 0.2) is 0 Å². The van der Waals surface area contributed by atoms with Crippen molar-refractivity contribution in [1.29, 1.82) is 0 Å². The monoisotopic (exact) mass is 202 g/mol. The Morgan fingerprint density at radius 3 is 2.43 bits per heavy atom. The van der Waals surface area contributed by atoms with Crippen molar-refractivity contribution in [3.8, 4) is 0 Å². The lowest BCUT2D eigenvalue weighted by Gasteiger charge is -2.14. The van der Waals surface area contributed by atoms with Gasteiger partial charge in [0, 0.05) is 0 Å². The minimum atomic E-state index is -0.579.